The summed E-state index contributed by atoms with van der Waals surface area (Å²) < 4.78 is 0. The lowest BCUT2D eigenvalue weighted by atomic mass is 9.78. The third-order valence-corrected chi connectivity index (χ3v) is 29.3. The Morgan fingerprint density at radius 3 is 0.631 bits per heavy atom. The van der Waals surface area contributed by atoms with E-state index in [1.165, 1.54) is 268 Å². The normalized spacial score (nSPS) is 12.5. The Kier molecular flexibility index (Phi) is 36.7. The zero-order valence-electron chi connectivity index (χ0n) is 95.7. The fourth-order valence-corrected chi connectivity index (χ4v) is 23.5. The zero-order chi connectivity index (χ0) is 108. The Morgan fingerprint density at radius 1 is 0.128 bits per heavy atom. The molecule has 0 aliphatic heterocycles. The molecule has 4 aliphatic carbocycles. The van der Waals surface area contributed by atoms with Gasteiger partial charge in [-0.3, -0.25) is 0 Å². The van der Waals surface area contributed by atoms with Crippen molar-refractivity contribution in [2.75, 3.05) is 0 Å². The summed E-state index contributed by atoms with van der Waals surface area (Å²) in [4.78, 5) is 0. The lowest BCUT2D eigenvalue weighted by Crippen LogP contribution is -2.16. The molecule has 24 aromatic rings. The first-order valence-corrected chi connectivity index (χ1v) is 56.6. The van der Waals surface area contributed by atoms with Crippen LogP contribution in [0.15, 0.2) is 388 Å². The van der Waals surface area contributed by atoms with Crippen molar-refractivity contribution in [3.05, 3.63) is 433 Å². The van der Waals surface area contributed by atoms with E-state index < -0.39 is 0 Å². The van der Waals surface area contributed by atoms with Crippen LogP contribution in [0.4, 0.5) is 0 Å². The summed E-state index contributed by atoms with van der Waals surface area (Å²) in [5.74, 6) is 0. The molecule has 0 fully saturated rings. The number of fused-ring (bicyclic) bond motifs is 36. The maximum Gasteiger partial charge on any atom is 0.0171 e. The molecule has 758 valence electrons. The van der Waals surface area contributed by atoms with E-state index in [1.54, 1.807) is 0 Å². The molecule has 28 rings (SSSR count). The highest BCUT2D eigenvalue weighted by Gasteiger charge is 2.43. The second-order valence-corrected chi connectivity index (χ2v) is 38.5. The summed E-state index contributed by atoms with van der Waals surface area (Å²) in [6.45, 7) is 67.4. The Bertz CT molecular complexity index is 8540. The van der Waals surface area contributed by atoms with Crippen molar-refractivity contribution in [3.63, 3.8) is 0 Å². The predicted octanol–water partition coefficient (Wildman–Crippen LogP) is 47.1. The Labute approximate surface area is 892 Å². The Hall–Kier alpha value is -14.6. The molecule has 4 aliphatic rings. The van der Waals surface area contributed by atoms with Crippen molar-refractivity contribution in [3.8, 4) is 44.5 Å². The average Bonchev–Trinajstić information content (AvgIpc) is 1.55. The fraction of sp³-hybridized carbons (Fsp3) is 0.248. The number of hydrogen-bond acceptors (Lipinski definition) is 0. The van der Waals surface area contributed by atoms with Gasteiger partial charge in [-0.15, -0.1) is 0 Å². The van der Waals surface area contributed by atoms with Crippen molar-refractivity contribution >= 4 is 172 Å². The summed E-state index contributed by atoms with van der Waals surface area (Å²) in [7, 11) is 0. The third-order valence-electron chi connectivity index (χ3n) is 29.3. The number of benzene rings is 24. The molecule has 0 aromatic heterocycles. The first-order valence-electron chi connectivity index (χ1n) is 56.6. The van der Waals surface area contributed by atoms with Crippen LogP contribution in [0.25, 0.3) is 217 Å². The number of rotatable bonds is 0. The Balaban J connectivity index is 0.000000154. The SMILES string of the molecule is CC.CC.CC.CC.CC.CC.CC.CC.CC.CC.CC.CC1(C)c2c(ccc3cc4ccccc4cc23)-c2ccc3cc4ccccc4cc3c21.CC1(C)c2cc3cc4ccccc4cc3cc2-c2ccc3cc4ccccc4cc3c21.CC1(C)c2ccc3c(ccc4ccccc43)c2-c2ccc3cc4ccccc4cc3c21.CC1(C)c2ccc3cc4ccccc4cc3c2-c2ccc3cc4ccccc4cc3c21.CCC. The van der Waals surface area contributed by atoms with E-state index in [1.807, 2.05) is 152 Å². The minimum Gasteiger partial charge on any atom is -0.0683 e. The molecule has 0 atom stereocenters. The van der Waals surface area contributed by atoms with Crippen LogP contribution in [-0.2, 0) is 21.7 Å². The van der Waals surface area contributed by atoms with Crippen molar-refractivity contribution < 1.29 is 0 Å². The summed E-state index contributed by atoms with van der Waals surface area (Å²) in [5.41, 5.74) is 22.6. The minimum absolute atomic E-state index is 0.0352. The highest BCUT2D eigenvalue weighted by Crippen LogP contribution is 2.60. The lowest BCUT2D eigenvalue weighted by Gasteiger charge is -2.25. The van der Waals surface area contributed by atoms with Crippen molar-refractivity contribution in [1.29, 1.82) is 0 Å². The second-order valence-electron chi connectivity index (χ2n) is 38.5. The molecule has 0 unspecified atom stereocenters. The van der Waals surface area contributed by atoms with E-state index in [4.69, 9.17) is 0 Å². The molecule has 0 heterocycles. The van der Waals surface area contributed by atoms with E-state index in [-0.39, 0.29) is 21.7 Å². The standard InChI is InChI=1S/4C31H22.C3H8.11C2H6/c1-31(2)28-14-12-23-15-19-7-3-5-9-21(19)17-26(23)29(28)25-13-11-24-16-20-8-4-6-10-22(20)18-27(24)30(25)31;1-31(2)29-25(13-11-23-15-19-7-3-5-9-21(19)17-27(23)29)26-14-12-24-16-20-8-4-6-10-22(20)18-28(24)30(26)31;1-31(2)28-16-15-24-23-10-6-5-7-19(23)11-13-25(24)29(28)26-14-12-22-17-20-8-3-4-9-21(20)18-27(22)30(26)31;1-31(2)29-18-25-15-21-9-4-3-8-20(21)14-24(25)17-28(29)26-12-11-23-13-19-7-5-6-10-22(19)16-27(23)30(26)31;1-3-2;11*1-2/h4*3-18H,1-2H3;3H2,1-2H3;11*1-2H3. The molecule has 0 N–H and O–H groups in total. The maximum atomic E-state index is 2.43. The molecule has 0 saturated heterocycles. The topological polar surface area (TPSA) is 0 Å². The van der Waals surface area contributed by atoms with E-state index in [0.29, 0.717) is 0 Å². The molecule has 149 heavy (non-hydrogen) atoms. The van der Waals surface area contributed by atoms with Crippen LogP contribution < -0.4 is 0 Å². The first-order chi connectivity index (χ1) is 72.9. The zero-order valence-corrected chi connectivity index (χ0v) is 95.7. The van der Waals surface area contributed by atoms with Crippen LogP contribution in [0.1, 0.15) is 272 Å². The quantitative estimate of drug-likeness (QED) is 0.105. The molecule has 0 spiro atoms. The predicted molar refractivity (Wildman–Crippen MR) is 677 cm³/mol. The molecule has 0 radical (unpaired) electrons. The summed E-state index contributed by atoms with van der Waals surface area (Å²) in [6.07, 6.45) is 1.25. The van der Waals surface area contributed by atoms with Crippen LogP contribution in [0, 0.1) is 0 Å². The highest BCUT2D eigenvalue weighted by atomic mass is 14.5. The van der Waals surface area contributed by atoms with Gasteiger partial charge < -0.3 is 0 Å². The lowest BCUT2D eigenvalue weighted by molar-refractivity contribution is 0.666. The van der Waals surface area contributed by atoms with Crippen molar-refractivity contribution in [1.82, 2.24) is 0 Å². The van der Waals surface area contributed by atoms with E-state index in [9.17, 15) is 0 Å². The molecule has 0 amide bonds. The van der Waals surface area contributed by atoms with Crippen molar-refractivity contribution in [2.45, 2.75) is 250 Å². The van der Waals surface area contributed by atoms with E-state index in [0.717, 1.165) is 0 Å². The molecule has 0 heteroatoms. The molecular weight excluding hydrogens is 1790 g/mol. The second kappa shape index (κ2) is 49.1. The molecule has 0 nitrogen and oxygen atoms in total. The average molecular weight is 1950 g/mol. The summed E-state index contributed by atoms with van der Waals surface area (Å²) in [6, 6.07) is 145. The van der Waals surface area contributed by atoms with Gasteiger partial charge in [-0.05, 0) is 358 Å². The minimum atomic E-state index is -0.0609. The monoisotopic (exact) mass is 1950 g/mol. The largest absolute Gasteiger partial charge is 0.0683 e. The van der Waals surface area contributed by atoms with Gasteiger partial charge in [0.25, 0.3) is 0 Å². The van der Waals surface area contributed by atoms with Crippen LogP contribution in [0.2, 0.25) is 0 Å². The van der Waals surface area contributed by atoms with Gasteiger partial charge in [0.1, 0.15) is 0 Å². The fourth-order valence-electron chi connectivity index (χ4n) is 23.5. The van der Waals surface area contributed by atoms with Gasteiger partial charge in [-0.25, -0.2) is 0 Å². The van der Waals surface area contributed by atoms with Gasteiger partial charge in [-0.1, -0.05) is 519 Å². The molecular formula is C149H162. The summed E-state index contributed by atoms with van der Waals surface area (Å²) >= 11 is 0. The highest BCUT2D eigenvalue weighted by molar-refractivity contribution is 6.19. The summed E-state index contributed by atoms with van der Waals surface area (Å²) in [5, 5.41) is 42.5. The number of hydrogen-bond donors (Lipinski definition) is 0. The van der Waals surface area contributed by atoms with Crippen LogP contribution in [-0.4, -0.2) is 0 Å². The van der Waals surface area contributed by atoms with Crippen LogP contribution in [0.5, 0.6) is 0 Å². The third kappa shape index (κ3) is 20.2. The molecule has 0 bridgehead atoms. The van der Waals surface area contributed by atoms with Gasteiger partial charge in [0.2, 0.25) is 0 Å². The molecule has 0 saturated carbocycles. The van der Waals surface area contributed by atoms with Gasteiger partial charge >= 0.3 is 0 Å². The maximum absolute atomic E-state index is 2.43. The van der Waals surface area contributed by atoms with Crippen molar-refractivity contribution in [2.24, 2.45) is 0 Å². The van der Waals surface area contributed by atoms with E-state index in [2.05, 4.69) is 457 Å². The van der Waals surface area contributed by atoms with Crippen LogP contribution >= 0.6 is 0 Å². The van der Waals surface area contributed by atoms with E-state index >= 15 is 0 Å². The van der Waals surface area contributed by atoms with Gasteiger partial charge in [0.15, 0.2) is 0 Å². The van der Waals surface area contributed by atoms with Gasteiger partial charge in [0, 0.05) is 21.7 Å². The smallest absolute Gasteiger partial charge is 0.0171 e. The van der Waals surface area contributed by atoms with Gasteiger partial charge in [0.05, 0.1) is 0 Å². The molecule has 24 aromatic carbocycles. The Morgan fingerprint density at radius 2 is 0.322 bits per heavy atom. The first kappa shape index (κ1) is 112. The van der Waals surface area contributed by atoms with Crippen LogP contribution in [0.3, 0.4) is 0 Å². The van der Waals surface area contributed by atoms with Gasteiger partial charge in [-0.2, -0.15) is 0 Å².